The van der Waals surface area contributed by atoms with E-state index < -0.39 is 0 Å². The Bertz CT molecular complexity index is 168. The first-order valence-corrected chi connectivity index (χ1v) is 5.64. The highest BCUT2D eigenvalue weighted by molar-refractivity contribution is 4.99. The predicted octanol–water partition coefficient (Wildman–Crippen LogP) is 3.53. The Morgan fingerprint density at radius 1 is 1.36 bits per heavy atom. The summed E-state index contributed by atoms with van der Waals surface area (Å²) in [5.41, 5.74) is 1.48. The molecule has 0 atom stereocenters. The van der Waals surface area contributed by atoms with Crippen molar-refractivity contribution in [2.45, 2.75) is 40.0 Å². The van der Waals surface area contributed by atoms with Crippen LogP contribution in [0, 0.1) is 5.92 Å². The van der Waals surface area contributed by atoms with E-state index in [1.807, 2.05) is 6.08 Å². The minimum absolute atomic E-state index is 0.751. The van der Waals surface area contributed by atoms with E-state index >= 15 is 0 Å². The Labute approximate surface area is 89.3 Å². The lowest BCUT2D eigenvalue weighted by atomic mass is 10.1. The highest BCUT2D eigenvalue weighted by atomic mass is 14.8. The summed E-state index contributed by atoms with van der Waals surface area (Å²) < 4.78 is 0. The summed E-state index contributed by atoms with van der Waals surface area (Å²) in [6.07, 6.45) is 7.72. The molecule has 1 nitrogen and oxygen atoms in total. The van der Waals surface area contributed by atoms with E-state index in [2.05, 4.69) is 38.7 Å². The molecule has 0 unspecified atom stereocenters. The van der Waals surface area contributed by atoms with Gasteiger partial charge in [0.25, 0.3) is 0 Å². The first-order chi connectivity index (χ1) is 6.66. The summed E-state index contributed by atoms with van der Waals surface area (Å²) in [4.78, 5) is 0. The summed E-state index contributed by atoms with van der Waals surface area (Å²) in [6, 6.07) is 0. The van der Waals surface area contributed by atoms with E-state index in [4.69, 9.17) is 0 Å². The molecule has 0 radical (unpaired) electrons. The Balaban J connectivity index is 3.36. The molecule has 0 amide bonds. The zero-order valence-electron chi connectivity index (χ0n) is 9.97. The molecule has 0 aromatic heterocycles. The van der Waals surface area contributed by atoms with E-state index in [0.717, 1.165) is 38.3 Å². The summed E-state index contributed by atoms with van der Waals surface area (Å²) in [6.45, 7) is 12.6. The van der Waals surface area contributed by atoms with Crippen molar-refractivity contribution in [3.8, 4) is 0 Å². The molecule has 0 rings (SSSR count). The van der Waals surface area contributed by atoms with Crippen molar-refractivity contribution in [1.29, 1.82) is 0 Å². The Hall–Kier alpha value is -0.560. The van der Waals surface area contributed by atoms with Crippen LogP contribution in [0.1, 0.15) is 40.0 Å². The normalized spacial score (nSPS) is 12.1. The quantitative estimate of drug-likeness (QED) is 0.461. The van der Waals surface area contributed by atoms with E-state index in [0.29, 0.717) is 0 Å². The fourth-order valence-electron chi connectivity index (χ4n) is 1.24. The topological polar surface area (TPSA) is 12.0 Å². The minimum Gasteiger partial charge on any atom is -0.316 e. The van der Waals surface area contributed by atoms with Gasteiger partial charge in [-0.05, 0) is 45.2 Å². The second-order valence-electron chi connectivity index (χ2n) is 4.26. The van der Waals surface area contributed by atoms with Gasteiger partial charge in [-0.25, -0.2) is 0 Å². The van der Waals surface area contributed by atoms with Gasteiger partial charge in [-0.15, -0.1) is 6.58 Å². The van der Waals surface area contributed by atoms with E-state index in [1.54, 1.807) is 0 Å². The Kier molecular flexibility index (Phi) is 8.65. The minimum atomic E-state index is 0.751. The smallest absolute Gasteiger partial charge is 0.00141 e. The van der Waals surface area contributed by atoms with Gasteiger partial charge < -0.3 is 5.32 Å². The third-order valence-electron chi connectivity index (χ3n) is 2.11. The zero-order valence-corrected chi connectivity index (χ0v) is 9.97. The first-order valence-electron chi connectivity index (χ1n) is 5.64. The number of hydrogen-bond donors (Lipinski definition) is 1. The lowest BCUT2D eigenvalue weighted by Gasteiger charge is -2.05. The van der Waals surface area contributed by atoms with Crippen molar-refractivity contribution in [1.82, 2.24) is 5.32 Å². The van der Waals surface area contributed by atoms with Crippen LogP contribution in [0.2, 0.25) is 0 Å². The van der Waals surface area contributed by atoms with E-state index in [-0.39, 0.29) is 0 Å². The Morgan fingerprint density at radius 2 is 2.07 bits per heavy atom. The summed E-state index contributed by atoms with van der Waals surface area (Å²) in [7, 11) is 0. The number of rotatable bonds is 8. The molecule has 0 fully saturated rings. The molecule has 82 valence electrons. The lowest BCUT2D eigenvalue weighted by Crippen LogP contribution is -2.20. The SMILES string of the molecule is C=CCCC(C)=CCCNCC(C)C. The van der Waals surface area contributed by atoms with Crippen molar-refractivity contribution >= 4 is 0 Å². The van der Waals surface area contributed by atoms with Crippen molar-refractivity contribution in [2.24, 2.45) is 5.92 Å². The van der Waals surface area contributed by atoms with Gasteiger partial charge in [0, 0.05) is 0 Å². The highest BCUT2D eigenvalue weighted by Gasteiger charge is 1.91. The molecule has 0 saturated heterocycles. The van der Waals surface area contributed by atoms with Crippen LogP contribution in [0.4, 0.5) is 0 Å². The molecule has 0 aliphatic carbocycles. The molecular formula is C13H25N. The molecule has 0 aliphatic rings. The number of nitrogens with one attached hydrogen (secondary N) is 1. The monoisotopic (exact) mass is 195 g/mol. The summed E-state index contributed by atoms with van der Waals surface area (Å²) in [5, 5.41) is 3.43. The average molecular weight is 195 g/mol. The molecule has 0 aromatic carbocycles. The van der Waals surface area contributed by atoms with E-state index in [9.17, 15) is 0 Å². The van der Waals surface area contributed by atoms with Crippen LogP contribution < -0.4 is 5.32 Å². The van der Waals surface area contributed by atoms with Gasteiger partial charge in [-0.2, -0.15) is 0 Å². The second-order valence-corrected chi connectivity index (χ2v) is 4.26. The average Bonchev–Trinajstić information content (AvgIpc) is 2.13. The molecule has 0 aliphatic heterocycles. The standard InChI is InChI=1S/C13H25N/c1-5-6-8-13(4)9-7-10-14-11-12(2)3/h5,9,12,14H,1,6-8,10-11H2,2-4H3. The van der Waals surface area contributed by atoms with Crippen LogP contribution in [0.5, 0.6) is 0 Å². The summed E-state index contributed by atoms with van der Waals surface area (Å²) in [5.74, 6) is 0.751. The fraction of sp³-hybridized carbons (Fsp3) is 0.692. The van der Waals surface area contributed by atoms with Gasteiger partial charge in [0.1, 0.15) is 0 Å². The van der Waals surface area contributed by atoms with Gasteiger partial charge in [-0.3, -0.25) is 0 Å². The number of allylic oxidation sites excluding steroid dienone is 2. The number of hydrogen-bond acceptors (Lipinski definition) is 1. The summed E-state index contributed by atoms with van der Waals surface area (Å²) >= 11 is 0. The Morgan fingerprint density at radius 3 is 2.64 bits per heavy atom. The molecule has 1 heteroatoms. The van der Waals surface area contributed by atoms with Crippen molar-refractivity contribution in [3.05, 3.63) is 24.3 Å². The van der Waals surface area contributed by atoms with Crippen LogP contribution in [-0.2, 0) is 0 Å². The fourth-order valence-corrected chi connectivity index (χ4v) is 1.24. The molecular weight excluding hydrogens is 170 g/mol. The van der Waals surface area contributed by atoms with Crippen LogP contribution in [0.25, 0.3) is 0 Å². The maximum Gasteiger partial charge on any atom is -0.00141 e. The molecule has 0 spiro atoms. The van der Waals surface area contributed by atoms with Crippen LogP contribution in [-0.4, -0.2) is 13.1 Å². The first kappa shape index (κ1) is 13.4. The van der Waals surface area contributed by atoms with Crippen LogP contribution in [0.15, 0.2) is 24.3 Å². The maximum atomic E-state index is 3.72. The molecule has 14 heavy (non-hydrogen) atoms. The third kappa shape index (κ3) is 9.53. The molecule has 0 aromatic rings. The van der Waals surface area contributed by atoms with Gasteiger partial charge in [0.15, 0.2) is 0 Å². The van der Waals surface area contributed by atoms with Crippen LogP contribution >= 0.6 is 0 Å². The zero-order chi connectivity index (χ0) is 10.8. The highest BCUT2D eigenvalue weighted by Crippen LogP contribution is 2.04. The van der Waals surface area contributed by atoms with Crippen molar-refractivity contribution < 1.29 is 0 Å². The maximum absolute atomic E-state index is 3.72. The van der Waals surface area contributed by atoms with Crippen molar-refractivity contribution in [3.63, 3.8) is 0 Å². The lowest BCUT2D eigenvalue weighted by molar-refractivity contribution is 0.556. The molecule has 1 N–H and O–H groups in total. The van der Waals surface area contributed by atoms with Crippen LogP contribution in [0.3, 0.4) is 0 Å². The molecule has 0 heterocycles. The second kappa shape index (κ2) is 9.01. The molecule has 0 bridgehead atoms. The van der Waals surface area contributed by atoms with Gasteiger partial charge in [0.2, 0.25) is 0 Å². The van der Waals surface area contributed by atoms with Crippen molar-refractivity contribution in [2.75, 3.05) is 13.1 Å². The van der Waals surface area contributed by atoms with Gasteiger partial charge in [-0.1, -0.05) is 31.6 Å². The van der Waals surface area contributed by atoms with Gasteiger partial charge in [0.05, 0.1) is 0 Å². The largest absolute Gasteiger partial charge is 0.316 e. The molecule has 0 saturated carbocycles. The van der Waals surface area contributed by atoms with E-state index in [1.165, 1.54) is 5.57 Å². The van der Waals surface area contributed by atoms with Gasteiger partial charge >= 0.3 is 0 Å². The predicted molar refractivity (Wildman–Crippen MR) is 65.5 cm³/mol. The third-order valence-corrected chi connectivity index (χ3v) is 2.11.